The van der Waals surface area contributed by atoms with Crippen LogP contribution in [0.2, 0.25) is 0 Å². The zero-order chi connectivity index (χ0) is 10.7. The second-order valence-electron chi connectivity index (χ2n) is 4.86. The van der Waals surface area contributed by atoms with Crippen LogP contribution in [-0.4, -0.2) is 11.2 Å². The number of aliphatic hydroxyl groups excluding tert-OH is 1. The fourth-order valence-corrected chi connectivity index (χ4v) is 1.93. The molecule has 0 bridgehead atoms. The molecular weight excluding hydrogens is 184 g/mol. The molecule has 1 aliphatic carbocycles. The van der Waals surface area contributed by atoms with Crippen LogP contribution in [0.4, 0.5) is 0 Å². The van der Waals surface area contributed by atoms with Gasteiger partial charge in [-0.2, -0.15) is 0 Å². The summed E-state index contributed by atoms with van der Waals surface area (Å²) in [6, 6.07) is 8.47. The van der Waals surface area contributed by atoms with Crippen LogP contribution in [-0.2, 0) is 6.42 Å². The first-order chi connectivity index (χ1) is 7.24. The third-order valence-electron chi connectivity index (χ3n) is 3.20. The second kappa shape index (κ2) is 4.80. The van der Waals surface area contributed by atoms with E-state index in [0.29, 0.717) is 0 Å². The quantitative estimate of drug-likeness (QED) is 0.781. The Morgan fingerprint density at radius 3 is 2.53 bits per heavy atom. The van der Waals surface area contributed by atoms with E-state index in [1.807, 2.05) is 0 Å². The molecule has 0 spiro atoms. The number of hydrogen-bond acceptors (Lipinski definition) is 1. The molecule has 1 aromatic carbocycles. The Morgan fingerprint density at radius 2 is 1.93 bits per heavy atom. The topological polar surface area (TPSA) is 20.2 Å². The number of rotatable bonds is 5. The molecule has 2 rings (SSSR count). The third kappa shape index (κ3) is 3.67. The van der Waals surface area contributed by atoms with Crippen LogP contribution >= 0.6 is 0 Å². The molecule has 1 N–H and O–H groups in total. The van der Waals surface area contributed by atoms with Gasteiger partial charge in [0.25, 0.3) is 0 Å². The summed E-state index contributed by atoms with van der Waals surface area (Å²) < 4.78 is 0. The van der Waals surface area contributed by atoms with Gasteiger partial charge in [0.2, 0.25) is 0 Å². The summed E-state index contributed by atoms with van der Waals surface area (Å²) in [7, 11) is 0. The van der Waals surface area contributed by atoms with Gasteiger partial charge >= 0.3 is 0 Å². The molecule has 1 aliphatic rings. The van der Waals surface area contributed by atoms with Gasteiger partial charge in [-0.1, -0.05) is 42.7 Å². The van der Waals surface area contributed by atoms with Gasteiger partial charge in [0.1, 0.15) is 0 Å². The molecule has 1 atom stereocenters. The molecule has 1 aromatic rings. The monoisotopic (exact) mass is 204 g/mol. The van der Waals surface area contributed by atoms with E-state index >= 15 is 0 Å². The SMILES string of the molecule is Cc1ccc(CC(O)CCC2CC2)cc1. The molecule has 1 nitrogen and oxygen atoms in total. The normalized spacial score (nSPS) is 17.7. The van der Waals surface area contributed by atoms with E-state index in [1.54, 1.807) is 0 Å². The fraction of sp³-hybridized carbons (Fsp3) is 0.571. The Morgan fingerprint density at radius 1 is 1.27 bits per heavy atom. The van der Waals surface area contributed by atoms with Gasteiger partial charge in [0.15, 0.2) is 0 Å². The summed E-state index contributed by atoms with van der Waals surface area (Å²) in [4.78, 5) is 0. The molecule has 1 fully saturated rings. The summed E-state index contributed by atoms with van der Waals surface area (Å²) >= 11 is 0. The lowest BCUT2D eigenvalue weighted by molar-refractivity contribution is 0.160. The lowest BCUT2D eigenvalue weighted by Crippen LogP contribution is -2.10. The highest BCUT2D eigenvalue weighted by Gasteiger charge is 2.21. The van der Waals surface area contributed by atoms with Crippen LogP contribution in [0.25, 0.3) is 0 Å². The zero-order valence-corrected chi connectivity index (χ0v) is 9.45. The van der Waals surface area contributed by atoms with E-state index in [-0.39, 0.29) is 6.10 Å². The average molecular weight is 204 g/mol. The van der Waals surface area contributed by atoms with Crippen molar-refractivity contribution in [1.29, 1.82) is 0 Å². The lowest BCUT2D eigenvalue weighted by Gasteiger charge is -2.10. The second-order valence-corrected chi connectivity index (χ2v) is 4.86. The van der Waals surface area contributed by atoms with Crippen LogP contribution in [0.5, 0.6) is 0 Å². The Hall–Kier alpha value is -0.820. The number of hydrogen-bond donors (Lipinski definition) is 1. The highest BCUT2D eigenvalue weighted by atomic mass is 16.3. The minimum atomic E-state index is -0.145. The summed E-state index contributed by atoms with van der Waals surface area (Å²) in [5.74, 6) is 0.928. The number of aryl methyl sites for hydroxylation is 1. The van der Waals surface area contributed by atoms with Crippen molar-refractivity contribution >= 4 is 0 Å². The minimum Gasteiger partial charge on any atom is -0.393 e. The Bertz CT molecular complexity index is 298. The van der Waals surface area contributed by atoms with Crippen molar-refractivity contribution in [3.8, 4) is 0 Å². The van der Waals surface area contributed by atoms with E-state index < -0.39 is 0 Å². The molecule has 1 saturated carbocycles. The van der Waals surface area contributed by atoms with Crippen molar-refractivity contribution in [1.82, 2.24) is 0 Å². The van der Waals surface area contributed by atoms with Gasteiger partial charge < -0.3 is 5.11 Å². The van der Waals surface area contributed by atoms with Crippen LogP contribution in [0.15, 0.2) is 24.3 Å². The van der Waals surface area contributed by atoms with Gasteiger partial charge in [0, 0.05) is 0 Å². The molecule has 15 heavy (non-hydrogen) atoms. The predicted molar refractivity (Wildman–Crippen MR) is 62.8 cm³/mol. The van der Waals surface area contributed by atoms with Gasteiger partial charge in [-0.05, 0) is 37.7 Å². The van der Waals surface area contributed by atoms with Crippen LogP contribution in [0.3, 0.4) is 0 Å². The van der Waals surface area contributed by atoms with Crippen LogP contribution in [0, 0.1) is 12.8 Å². The maximum Gasteiger partial charge on any atom is 0.0580 e. The average Bonchev–Trinajstić information content (AvgIpc) is 3.02. The largest absolute Gasteiger partial charge is 0.393 e. The molecule has 0 heterocycles. The molecule has 1 unspecified atom stereocenters. The van der Waals surface area contributed by atoms with E-state index in [1.165, 1.54) is 30.4 Å². The maximum absolute atomic E-state index is 9.85. The first kappa shape index (κ1) is 10.7. The van der Waals surface area contributed by atoms with Gasteiger partial charge in [-0.3, -0.25) is 0 Å². The van der Waals surface area contributed by atoms with Crippen molar-refractivity contribution in [2.24, 2.45) is 5.92 Å². The summed E-state index contributed by atoms with van der Waals surface area (Å²) in [6.07, 6.45) is 5.63. The van der Waals surface area contributed by atoms with Crippen molar-refractivity contribution in [2.45, 2.75) is 45.1 Å². The Kier molecular flexibility index (Phi) is 3.42. The lowest BCUT2D eigenvalue weighted by atomic mass is 10.0. The molecule has 0 radical (unpaired) electrons. The van der Waals surface area contributed by atoms with Crippen LogP contribution in [0.1, 0.15) is 36.8 Å². The number of benzene rings is 1. The van der Waals surface area contributed by atoms with Gasteiger partial charge in [-0.15, -0.1) is 0 Å². The first-order valence-electron chi connectivity index (χ1n) is 5.97. The summed E-state index contributed by atoms with van der Waals surface area (Å²) in [5, 5.41) is 9.85. The first-order valence-corrected chi connectivity index (χ1v) is 5.97. The van der Waals surface area contributed by atoms with Crippen molar-refractivity contribution in [3.05, 3.63) is 35.4 Å². The van der Waals surface area contributed by atoms with Gasteiger partial charge in [0.05, 0.1) is 6.10 Å². The van der Waals surface area contributed by atoms with E-state index in [4.69, 9.17) is 0 Å². The predicted octanol–water partition coefficient (Wildman–Crippen LogP) is 3.09. The third-order valence-corrected chi connectivity index (χ3v) is 3.20. The van der Waals surface area contributed by atoms with E-state index in [9.17, 15) is 5.11 Å². The molecule has 0 aromatic heterocycles. The summed E-state index contributed by atoms with van der Waals surface area (Å²) in [6.45, 7) is 2.09. The smallest absolute Gasteiger partial charge is 0.0580 e. The number of aliphatic hydroxyl groups is 1. The van der Waals surface area contributed by atoms with E-state index in [2.05, 4.69) is 31.2 Å². The highest BCUT2D eigenvalue weighted by molar-refractivity contribution is 5.21. The molecule has 0 aliphatic heterocycles. The summed E-state index contributed by atoms with van der Waals surface area (Å²) in [5.41, 5.74) is 2.54. The molecule has 1 heteroatoms. The highest BCUT2D eigenvalue weighted by Crippen LogP contribution is 2.34. The fourth-order valence-electron chi connectivity index (χ4n) is 1.93. The molecule has 0 amide bonds. The van der Waals surface area contributed by atoms with E-state index in [0.717, 1.165) is 18.8 Å². The maximum atomic E-state index is 9.85. The molecular formula is C14H20O. The zero-order valence-electron chi connectivity index (χ0n) is 9.45. The molecule has 0 saturated heterocycles. The Labute approximate surface area is 92.1 Å². The Balaban J connectivity index is 1.76. The van der Waals surface area contributed by atoms with Crippen molar-refractivity contribution < 1.29 is 5.11 Å². The standard InChI is InChI=1S/C14H20O/c1-11-2-4-13(5-3-11)10-14(15)9-8-12-6-7-12/h2-5,12,14-15H,6-10H2,1H3. The minimum absolute atomic E-state index is 0.145. The van der Waals surface area contributed by atoms with Crippen LogP contribution < -0.4 is 0 Å². The molecule has 82 valence electrons. The van der Waals surface area contributed by atoms with Crippen molar-refractivity contribution in [3.63, 3.8) is 0 Å². The van der Waals surface area contributed by atoms with Gasteiger partial charge in [-0.25, -0.2) is 0 Å². The van der Waals surface area contributed by atoms with Crippen molar-refractivity contribution in [2.75, 3.05) is 0 Å².